The Morgan fingerprint density at radius 3 is 2.74 bits per heavy atom. The Kier molecular flexibility index (Phi) is 7.19. The number of ether oxygens (including phenoxy) is 1. The van der Waals surface area contributed by atoms with Crippen LogP contribution in [-0.2, 0) is 4.74 Å². The van der Waals surface area contributed by atoms with Gasteiger partial charge in [-0.3, -0.25) is 10.3 Å². The van der Waals surface area contributed by atoms with E-state index in [1.807, 2.05) is 13.0 Å². The summed E-state index contributed by atoms with van der Waals surface area (Å²) in [7, 11) is 0. The topological polar surface area (TPSA) is 48.9 Å². The Balaban J connectivity index is 2.12. The van der Waals surface area contributed by atoms with E-state index in [-0.39, 0.29) is 6.04 Å². The number of rotatable bonds is 6. The molecule has 5 nitrogen and oxygen atoms in total. The first kappa shape index (κ1) is 17.6. The molecule has 1 aliphatic rings. The smallest absolute Gasteiger partial charge is 0.187 e. The molecule has 0 spiro atoms. The average molecular weight is 332 g/mol. The summed E-state index contributed by atoms with van der Waals surface area (Å²) in [5.41, 5.74) is 5.11. The minimum absolute atomic E-state index is 0.120. The van der Waals surface area contributed by atoms with E-state index < -0.39 is 0 Å². The second-order valence-corrected chi connectivity index (χ2v) is 5.73. The van der Waals surface area contributed by atoms with Crippen LogP contribution in [0.2, 0.25) is 0 Å². The molecule has 0 aromatic heterocycles. The van der Waals surface area contributed by atoms with Gasteiger partial charge in [-0.1, -0.05) is 36.4 Å². The standard InChI is InChI=1S/C17H24N4OS/c1-3-9-18-17(23)20-19-14(2)16(15-7-5-4-6-8-15)21-10-12-22-13-11-21/h3-8,16H,1,9-13H2,2H3,(H2,18,20,23)/b19-14-/t16-/m1/s1. The first-order valence-corrected chi connectivity index (χ1v) is 8.19. The van der Waals surface area contributed by atoms with E-state index in [1.54, 1.807) is 6.08 Å². The van der Waals surface area contributed by atoms with Crippen molar-refractivity contribution in [1.82, 2.24) is 15.6 Å². The van der Waals surface area contributed by atoms with Crippen LogP contribution in [0.4, 0.5) is 0 Å². The van der Waals surface area contributed by atoms with Crippen molar-refractivity contribution in [3.63, 3.8) is 0 Å². The molecule has 0 saturated carbocycles. The van der Waals surface area contributed by atoms with Crippen molar-refractivity contribution in [3.8, 4) is 0 Å². The maximum absolute atomic E-state index is 5.47. The van der Waals surface area contributed by atoms with Crippen LogP contribution in [0.15, 0.2) is 48.1 Å². The Labute approximate surface area is 143 Å². The molecule has 1 fully saturated rings. The fraction of sp³-hybridized carbons (Fsp3) is 0.412. The summed E-state index contributed by atoms with van der Waals surface area (Å²) in [5, 5.41) is 7.98. The zero-order valence-corrected chi connectivity index (χ0v) is 14.3. The maximum Gasteiger partial charge on any atom is 0.187 e. The first-order valence-electron chi connectivity index (χ1n) is 7.78. The number of nitrogens with one attached hydrogen (secondary N) is 2. The van der Waals surface area contributed by atoms with Crippen LogP contribution in [-0.4, -0.2) is 48.6 Å². The van der Waals surface area contributed by atoms with E-state index in [4.69, 9.17) is 17.0 Å². The Hall–Kier alpha value is -1.76. The van der Waals surface area contributed by atoms with Gasteiger partial charge in [0.15, 0.2) is 5.11 Å². The fourth-order valence-electron chi connectivity index (χ4n) is 2.59. The number of thiocarbonyl (C=S) groups is 1. The van der Waals surface area contributed by atoms with E-state index in [0.29, 0.717) is 11.7 Å². The van der Waals surface area contributed by atoms with Crippen LogP contribution in [0.1, 0.15) is 18.5 Å². The molecule has 0 radical (unpaired) electrons. The number of benzene rings is 1. The lowest BCUT2D eigenvalue weighted by atomic mass is 10.0. The third kappa shape index (κ3) is 5.42. The SMILES string of the molecule is C=CCNC(=S)N/N=C(/C)[C@H](c1ccccc1)N1CCOCC1. The molecule has 0 unspecified atom stereocenters. The van der Waals surface area contributed by atoms with Gasteiger partial charge in [0, 0.05) is 19.6 Å². The Morgan fingerprint density at radius 1 is 1.39 bits per heavy atom. The van der Waals surface area contributed by atoms with Crippen molar-refractivity contribution in [1.29, 1.82) is 0 Å². The van der Waals surface area contributed by atoms with Crippen molar-refractivity contribution in [2.75, 3.05) is 32.8 Å². The van der Waals surface area contributed by atoms with Gasteiger partial charge in [-0.2, -0.15) is 5.10 Å². The summed E-state index contributed by atoms with van der Waals surface area (Å²) in [5.74, 6) is 0. The van der Waals surface area contributed by atoms with Crippen LogP contribution in [0, 0.1) is 0 Å². The van der Waals surface area contributed by atoms with Crippen LogP contribution >= 0.6 is 12.2 Å². The predicted octanol–water partition coefficient (Wildman–Crippen LogP) is 2.09. The molecule has 1 atom stereocenters. The minimum Gasteiger partial charge on any atom is -0.379 e. The van der Waals surface area contributed by atoms with E-state index in [0.717, 1.165) is 32.0 Å². The lowest BCUT2D eigenvalue weighted by molar-refractivity contribution is 0.0285. The molecule has 1 saturated heterocycles. The van der Waals surface area contributed by atoms with Gasteiger partial charge in [0.05, 0.1) is 25.0 Å². The number of hydrogen-bond donors (Lipinski definition) is 2. The van der Waals surface area contributed by atoms with Crippen LogP contribution < -0.4 is 10.7 Å². The summed E-state index contributed by atoms with van der Waals surface area (Å²) < 4.78 is 5.47. The van der Waals surface area contributed by atoms with Crippen molar-refractivity contribution < 1.29 is 4.74 Å². The number of hydrogen-bond acceptors (Lipinski definition) is 4. The highest BCUT2D eigenvalue weighted by Crippen LogP contribution is 2.23. The molecule has 1 aliphatic heterocycles. The van der Waals surface area contributed by atoms with Crippen LogP contribution in [0.5, 0.6) is 0 Å². The van der Waals surface area contributed by atoms with Crippen molar-refractivity contribution in [2.45, 2.75) is 13.0 Å². The summed E-state index contributed by atoms with van der Waals surface area (Å²) in [6, 6.07) is 10.5. The summed E-state index contributed by atoms with van der Waals surface area (Å²) in [6.07, 6.45) is 1.76. The molecular formula is C17H24N4OS. The molecule has 6 heteroatoms. The second-order valence-electron chi connectivity index (χ2n) is 5.33. The lowest BCUT2D eigenvalue weighted by Gasteiger charge is -2.34. The fourth-order valence-corrected chi connectivity index (χ4v) is 2.72. The molecule has 0 amide bonds. The largest absolute Gasteiger partial charge is 0.379 e. The molecule has 23 heavy (non-hydrogen) atoms. The number of nitrogens with zero attached hydrogens (tertiary/aromatic N) is 2. The molecule has 124 valence electrons. The summed E-state index contributed by atoms with van der Waals surface area (Å²) in [4.78, 5) is 2.39. The van der Waals surface area contributed by atoms with Gasteiger partial charge >= 0.3 is 0 Å². The molecule has 1 heterocycles. The van der Waals surface area contributed by atoms with Gasteiger partial charge in [0.25, 0.3) is 0 Å². The molecule has 0 aliphatic carbocycles. The van der Waals surface area contributed by atoms with Gasteiger partial charge < -0.3 is 10.1 Å². The predicted molar refractivity (Wildman–Crippen MR) is 98.6 cm³/mol. The highest BCUT2D eigenvalue weighted by Gasteiger charge is 2.25. The van der Waals surface area contributed by atoms with E-state index in [1.165, 1.54) is 5.56 Å². The Bertz CT molecular complexity index is 541. The summed E-state index contributed by atoms with van der Waals surface area (Å²) in [6.45, 7) is 9.59. The molecule has 2 rings (SSSR count). The van der Waals surface area contributed by atoms with E-state index >= 15 is 0 Å². The third-order valence-electron chi connectivity index (χ3n) is 3.66. The molecule has 1 aromatic carbocycles. The van der Waals surface area contributed by atoms with Gasteiger partial charge in [0.1, 0.15) is 0 Å². The molecular weight excluding hydrogens is 308 g/mol. The normalized spacial score (nSPS) is 17.3. The van der Waals surface area contributed by atoms with Crippen molar-refractivity contribution in [2.24, 2.45) is 5.10 Å². The van der Waals surface area contributed by atoms with Gasteiger partial charge in [-0.25, -0.2) is 0 Å². The Morgan fingerprint density at radius 2 is 2.09 bits per heavy atom. The zero-order chi connectivity index (χ0) is 16.5. The summed E-state index contributed by atoms with van der Waals surface area (Å²) >= 11 is 5.19. The van der Waals surface area contributed by atoms with E-state index in [9.17, 15) is 0 Å². The quantitative estimate of drug-likeness (QED) is 0.362. The lowest BCUT2D eigenvalue weighted by Crippen LogP contribution is -2.42. The maximum atomic E-state index is 5.47. The number of hydrazone groups is 1. The highest BCUT2D eigenvalue weighted by molar-refractivity contribution is 7.80. The number of morpholine rings is 1. The zero-order valence-electron chi connectivity index (χ0n) is 13.5. The second kappa shape index (κ2) is 9.39. The average Bonchev–Trinajstić information content (AvgIpc) is 2.60. The monoisotopic (exact) mass is 332 g/mol. The molecule has 0 bridgehead atoms. The third-order valence-corrected chi connectivity index (χ3v) is 3.90. The van der Waals surface area contributed by atoms with Gasteiger partial charge in [-0.15, -0.1) is 6.58 Å². The van der Waals surface area contributed by atoms with Crippen molar-refractivity contribution in [3.05, 3.63) is 48.6 Å². The molecule has 1 aromatic rings. The minimum atomic E-state index is 0.120. The van der Waals surface area contributed by atoms with Crippen LogP contribution in [0.3, 0.4) is 0 Å². The first-order chi connectivity index (χ1) is 11.2. The van der Waals surface area contributed by atoms with Crippen LogP contribution in [0.25, 0.3) is 0 Å². The highest BCUT2D eigenvalue weighted by atomic mass is 32.1. The van der Waals surface area contributed by atoms with E-state index in [2.05, 4.69) is 51.6 Å². The van der Waals surface area contributed by atoms with Gasteiger partial charge in [-0.05, 0) is 24.7 Å². The van der Waals surface area contributed by atoms with Gasteiger partial charge in [0.2, 0.25) is 0 Å². The molecule has 2 N–H and O–H groups in total. The van der Waals surface area contributed by atoms with Crippen molar-refractivity contribution >= 4 is 23.0 Å².